The van der Waals surface area contributed by atoms with Crippen LogP contribution in [0.5, 0.6) is 0 Å². The molecule has 1 amide bonds. The summed E-state index contributed by atoms with van der Waals surface area (Å²) in [6.45, 7) is 10.3. The van der Waals surface area contributed by atoms with Crippen molar-refractivity contribution in [2.24, 2.45) is 5.92 Å². The van der Waals surface area contributed by atoms with Crippen LogP contribution in [0.4, 0.5) is 5.69 Å². The van der Waals surface area contributed by atoms with Gasteiger partial charge in [-0.1, -0.05) is 19.0 Å². The summed E-state index contributed by atoms with van der Waals surface area (Å²) < 4.78 is 7.45. The average molecular weight is 406 g/mol. The number of hydrogen-bond acceptors (Lipinski definition) is 5. The molecule has 0 bridgehead atoms. The van der Waals surface area contributed by atoms with Crippen molar-refractivity contribution in [3.05, 3.63) is 59.4 Å². The van der Waals surface area contributed by atoms with Crippen LogP contribution in [0.15, 0.2) is 41.2 Å². The average Bonchev–Trinajstić information content (AvgIpc) is 3.44. The lowest BCUT2D eigenvalue weighted by atomic mass is 9.88. The zero-order chi connectivity index (χ0) is 21.0. The molecule has 30 heavy (non-hydrogen) atoms. The Hall–Kier alpha value is -3.09. The molecule has 5 rings (SSSR count). The van der Waals surface area contributed by atoms with E-state index >= 15 is 0 Å². The number of amides is 1. The van der Waals surface area contributed by atoms with Crippen LogP contribution in [0.3, 0.4) is 0 Å². The summed E-state index contributed by atoms with van der Waals surface area (Å²) in [7, 11) is 0. The van der Waals surface area contributed by atoms with Crippen molar-refractivity contribution in [2.45, 2.75) is 39.7 Å². The second-order valence-electron chi connectivity index (χ2n) is 8.82. The van der Waals surface area contributed by atoms with Gasteiger partial charge in [-0.3, -0.25) is 4.79 Å². The molecule has 3 aromatic rings. The summed E-state index contributed by atoms with van der Waals surface area (Å²) in [6.07, 6.45) is 4.79. The Kier molecular flexibility index (Phi) is 4.24. The Balaban J connectivity index is 1.59. The van der Waals surface area contributed by atoms with Crippen LogP contribution < -0.4 is 4.90 Å². The molecule has 2 aliphatic rings. The van der Waals surface area contributed by atoms with Gasteiger partial charge in [0.05, 0.1) is 17.1 Å². The number of pyridine rings is 1. The number of carbonyl (C=O) groups is 1. The molecule has 0 saturated carbocycles. The number of aromatic nitrogens is 3. The summed E-state index contributed by atoms with van der Waals surface area (Å²) >= 11 is 0. The maximum absolute atomic E-state index is 13.4. The van der Waals surface area contributed by atoms with Crippen LogP contribution in [-0.4, -0.2) is 45.1 Å². The lowest BCUT2D eigenvalue weighted by Crippen LogP contribution is -2.54. The van der Waals surface area contributed by atoms with Crippen LogP contribution in [0.2, 0.25) is 0 Å². The first-order valence-corrected chi connectivity index (χ1v) is 10.6. The van der Waals surface area contributed by atoms with E-state index in [2.05, 4.69) is 57.9 Å². The minimum atomic E-state index is -0.279. The molecule has 3 aromatic heterocycles. The predicted octanol–water partition coefficient (Wildman–Crippen LogP) is 3.69. The van der Waals surface area contributed by atoms with Crippen molar-refractivity contribution in [2.75, 3.05) is 24.5 Å². The van der Waals surface area contributed by atoms with Gasteiger partial charge in [0.2, 0.25) is 0 Å². The number of fused-ring (bicyclic) bond motifs is 4. The Morgan fingerprint density at radius 1 is 1.27 bits per heavy atom. The van der Waals surface area contributed by atoms with Gasteiger partial charge in [-0.2, -0.15) is 0 Å². The van der Waals surface area contributed by atoms with Crippen LogP contribution >= 0.6 is 0 Å². The monoisotopic (exact) mass is 405 g/mol. The third-order valence-corrected chi connectivity index (χ3v) is 6.36. The molecule has 0 radical (unpaired) electrons. The van der Waals surface area contributed by atoms with Gasteiger partial charge in [0.25, 0.3) is 5.91 Å². The van der Waals surface area contributed by atoms with Gasteiger partial charge in [0, 0.05) is 32.0 Å². The van der Waals surface area contributed by atoms with Crippen molar-refractivity contribution < 1.29 is 9.32 Å². The first-order chi connectivity index (χ1) is 14.4. The molecule has 0 aliphatic carbocycles. The number of anilines is 1. The van der Waals surface area contributed by atoms with E-state index in [0.717, 1.165) is 24.5 Å². The molecule has 1 unspecified atom stereocenters. The summed E-state index contributed by atoms with van der Waals surface area (Å²) in [5, 5.41) is 3.98. The van der Waals surface area contributed by atoms with Crippen molar-refractivity contribution in [1.29, 1.82) is 0 Å². The minimum absolute atomic E-state index is 0.00251. The highest BCUT2D eigenvalue weighted by molar-refractivity contribution is 5.96. The summed E-state index contributed by atoms with van der Waals surface area (Å²) in [5.74, 6) is 2.02. The Morgan fingerprint density at radius 2 is 2.10 bits per heavy atom. The highest BCUT2D eigenvalue weighted by atomic mass is 16.5. The van der Waals surface area contributed by atoms with Gasteiger partial charge < -0.3 is 18.9 Å². The highest BCUT2D eigenvalue weighted by Gasteiger charge is 2.51. The van der Waals surface area contributed by atoms with Crippen LogP contribution in [-0.2, 0) is 5.54 Å². The quantitative estimate of drug-likeness (QED) is 0.665. The highest BCUT2D eigenvalue weighted by Crippen LogP contribution is 2.47. The maximum atomic E-state index is 13.4. The fraction of sp³-hybridized carbons (Fsp3) is 0.435. The molecular formula is C23H27N5O2. The molecule has 1 fully saturated rings. The first-order valence-electron chi connectivity index (χ1n) is 10.6. The molecule has 0 N–H and O–H groups in total. The number of aryl methyl sites for hydroxylation is 2. The summed E-state index contributed by atoms with van der Waals surface area (Å²) in [4.78, 5) is 22.5. The molecule has 5 heterocycles. The molecule has 1 spiro atoms. The summed E-state index contributed by atoms with van der Waals surface area (Å²) in [6, 6.07) is 8.40. The molecule has 1 atom stereocenters. The smallest absolute Gasteiger partial charge is 0.259 e. The van der Waals surface area contributed by atoms with E-state index in [9.17, 15) is 4.79 Å². The normalized spacial score (nSPS) is 20.2. The van der Waals surface area contributed by atoms with Gasteiger partial charge in [0.15, 0.2) is 5.82 Å². The third kappa shape index (κ3) is 2.61. The lowest BCUT2D eigenvalue weighted by Gasteiger charge is -2.47. The minimum Gasteiger partial charge on any atom is -0.361 e. The van der Waals surface area contributed by atoms with Gasteiger partial charge in [-0.15, -0.1) is 0 Å². The van der Waals surface area contributed by atoms with Crippen LogP contribution in [0, 0.1) is 19.8 Å². The van der Waals surface area contributed by atoms with Gasteiger partial charge in [-0.05, 0) is 50.5 Å². The van der Waals surface area contributed by atoms with Crippen molar-refractivity contribution in [3.63, 3.8) is 0 Å². The predicted molar refractivity (Wildman–Crippen MR) is 114 cm³/mol. The van der Waals surface area contributed by atoms with Gasteiger partial charge in [0.1, 0.15) is 16.9 Å². The van der Waals surface area contributed by atoms with E-state index in [1.54, 1.807) is 6.92 Å². The maximum Gasteiger partial charge on any atom is 0.259 e. The lowest BCUT2D eigenvalue weighted by molar-refractivity contribution is 0.0779. The number of likely N-dealkylation sites (tertiary alicyclic amines) is 1. The largest absolute Gasteiger partial charge is 0.361 e. The van der Waals surface area contributed by atoms with E-state index < -0.39 is 0 Å². The van der Waals surface area contributed by atoms with E-state index in [4.69, 9.17) is 4.52 Å². The van der Waals surface area contributed by atoms with E-state index in [1.165, 1.54) is 5.69 Å². The number of carbonyl (C=O) groups excluding carboxylic acids is 1. The molecule has 0 aromatic carbocycles. The second-order valence-corrected chi connectivity index (χ2v) is 8.82. The molecule has 2 aliphatic heterocycles. The summed E-state index contributed by atoms with van der Waals surface area (Å²) in [5.41, 5.74) is 3.29. The number of hydrogen-bond donors (Lipinski definition) is 0. The number of nitrogens with zero attached hydrogens (tertiary/aromatic N) is 5. The van der Waals surface area contributed by atoms with Crippen LogP contribution in [0.1, 0.15) is 47.8 Å². The molecular weight excluding hydrogens is 378 g/mol. The third-order valence-electron chi connectivity index (χ3n) is 6.36. The molecule has 1 saturated heterocycles. The van der Waals surface area contributed by atoms with Gasteiger partial charge in [-0.25, -0.2) is 4.98 Å². The number of rotatable bonds is 3. The van der Waals surface area contributed by atoms with E-state index in [1.807, 2.05) is 24.1 Å². The zero-order valence-corrected chi connectivity index (χ0v) is 17.9. The molecule has 7 heteroatoms. The molecule has 7 nitrogen and oxygen atoms in total. The Labute approximate surface area is 176 Å². The fourth-order valence-electron chi connectivity index (χ4n) is 5.08. The van der Waals surface area contributed by atoms with E-state index in [-0.39, 0.29) is 11.4 Å². The van der Waals surface area contributed by atoms with E-state index in [0.29, 0.717) is 36.0 Å². The van der Waals surface area contributed by atoms with Crippen molar-refractivity contribution in [3.8, 4) is 5.82 Å². The van der Waals surface area contributed by atoms with Crippen molar-refractivity contribution in [1.82, 2.24) is 19.6 Å². The fourth-order valence-corrected chi connectivity index (χ4v) is 5.08. The van der Waals surface area contributed by atoms with Crippen molar-refractivity contribution >= 4 is 11.6 Å². The Bertz CT molecular complexity index is 1100. The first kappa shape index (κ1) is 18.9. The Morgan fingerprint density at radius 3 is 2.83 bits per heavy atom. The SMILES string of the molecule is Cc1noc(C)c1C(=O)N1CCC2(C1)c1cccn1-c1ncccc1N2CC(C)C. The zero-order valence-electron chi connectivity index (χ0n) is 17.9. The standard InChI is InChI=1S/C23H27N5O2/c1-15(2)13-28-18-7-5-10-24-21(18)27-11-6-8-19(27)23(28)9-12-26(14-23)22(29)20-16(3)25-30-17(20)4/h5-8,10-11,15H,9,12-14H2,1-4H3. The topological polar surface area (TPSA) is 67.4 Å². The van der Waals surface area contributed by atoms with Gasteiger partial charge >= 0.3 is 0 Å². The second kappa shape index (κ2) is 6.72. The van der Waals surface area contributed by atoms with Crippen LogP contribution in [0.25, 0.3) is 5.82 Å². The molecule has 156 valence electrons.